The zero-order chi connectivity index (χ0) is 16.2. The van der Waals surface area contributed by atoms with E-state index in [1.165, 1.54) is 12.8 Å². The molecule has 2 aromatic rings. The molecule has 2 heterocycles. The molecule has 1 aromatic carbocycles. The lowest BCUT2D eigenvalue weighted by molar-refractivity contribution is 0.0882. The third-order valence-electron chi connectivity index (χ3n) is 5.10. The summed E-state index contributed by atoms with van der Waals surface area (Å²) in [6.45, 7) is 6.70. The van der Waals surface area contributed by atoms with Crippen molar-refractivity contribution in [1.82, 2.24) is 15.2 Å². The van der Waals surface area contributed by atoms with Gasteiger partial charge in [0.05, 0.1) is 0 Å². The van der Waals surface area contributed by atoms with Crippen LogP contribution in [0.4, 0.5) is 0 Å². The molecule has 1 aliphatic rings. The molecule has 1 amide bonds. The summed E-state index contributed by atoms with van der Waals surface area (Å²) in [5.41, 5.74) is 1.68. The highest BCUT2D eigenvalue weighted by Gasteiger charge is 2.24. The molecule has 1 aromatic heterocycles. The minimum absolute atomic E-state index is 0.0159. The molecule has 0 aliphatic carbocycles. The first kappa shape index (κ1) is 16.1. The van der Waals surface area contributed by atoms with Gasteiger partial charge >= 0.3 is 0 Å². The number of carbonyl (C=O) groups excluding carboxylic acids is 1. The normalized spacial score (nSPS) is 17.0. The van der Waals surface area contributed by atoms with Gasteiger partial charge in [0, 0.05) is 36.1 Å². The lowest BCUT2D eigenvalue weighted by Gasteiger charge is -2.37. The maximum absolute atomic E-state index is 12.5. The lowest BCUT2D eigenvalue weighted by atomic mass is 10.0. The van der Waals surface area contributed by atoms with E-state index in [0.29, 0.717) is 17.8 Å². The number of para-hydroxylation sites is 1. The molecule has 0 bridgehead atoms. The van der Waals surface area contributed by atoms with Crippen LogP contribution in [0.25, 0.3) is 10.9 Å². The van der Waals surface area contributed by atoms with Crippen LogP contribution in [0.1, 0.15) is 50.0 Å². The zero-order valence-corrected chi connectivity index (χ0v) is 14.1. The van der Waals surface area contributed by atoms with Crippen LogP contribution >= 0.6 is 0 Å². The number of fused-ring (bicyclic) bond motifs is 1. The van der Waals surface area contributed by atoms with Crippen LogP contribution in [0, 0.1) is 0 Å². The van der Waals surface area contributed by atoms with Crippen molar-refractivity contribution in [2.24, 2.45) is 0 Å². The number of nitrogens with zero attached hydrogens (tertiary/aromatic N) is 1. The highest BCUT2D eigenvalue weighted by molar-refractivity contribution is 5.98. The molecule has 4 nitrogen and oxygen atoms in total. The standard InChI is InChI=1S/C19H27N3O/c1-3-16(4-2)22-11-9-15(10-12-22)20-19(23)18-13-14-7-5-6-8-17(14)21-18/h5-8,13,15-16,21H,3-4,9-12H2,1-2H3,(H,20,23). The first-order valence-electron chi connectivity index (χ1n) is 8.84. The van der Waals surface area contributed by atoms with Gasteiger partial charge in [-0.15, -0.1) is 0 Å². The van der Waals surface area contributed by atoms with Gasteiger partial charge in [-0.3, -0.25) is 4.79 Å². The molecular weight excluding hydrogens is 286 g/mol. The Morgan fingerprint density at radius 2 is 1.96 bits per heavy atom. The quantitative estimate of drug-likeness (QED) is 0.887. The maximum atomic E-state index is 12.5. The predicted molar refractivity (Wildman–Crippen MR) is 94.7 cm³/mol. The van der Waals surface area contributed by atoms with E-state index in [-0.39, 0.29) is 5.91 Å². The minimum Gasteiger partial charge on any atom is -0.351 e. The van der Waals surface area contributed by atoms with Crippen LogP contribution < -0.4 is 5.32 Å². The fourth-order valence-corrected chi connectivity index (χ4v) is 3.67. The zero-order valence-electron chi connectivity index (χ0n) is 14.1. The number of hydrogen-bond acceptors (Lipinski definition) is 2. The van der Waals surface area contributed by atoms with Crippen molar-refractivity contribution >= 4 is 16.8 Å². The smallest absolute Gasteiger partial charge is 0.267 e. The second-order valence-corrected chi connectivity index (χ2v) is 6.52. The SMILES string of the molecule is CCC(CC)N1CCC(NC(=O)c2cc3ccccc3[nH]2)CC1. The van der Waals surface area contributed by atoms with Crippen LogP contribution in [0.5, 0.6) is 0 Å². The van der Waals surface area contributed by atoms with Gasteiger partial charge in [-0.25, -0.2) is 0 Å². The summed E-state index contributed by atoms with van der Waals surface area (Å²) in [4.78, 5) is 18.2. The predicted octanol–water partition coefficient (Wildman–Crippen LogP) is 3.55. The summed E-state index contributed by atoms with van der Waals surface area (Å²) in [5.74, 6) is 0.0159. The molecule has 2 N–H and O–H groups in total. The van der Waals surface area contributed by atoms with Crippen LogP contribution in [0.15, 0.2) is 30.3 Å². The van der Waals surface area contributed by atoms with Crippen molar-refractivity contribution in [3.63, 3.8) is 0 Å². The van der Waals surface area contributed by atoms with E-state index in [4.69, 9.17) is 0 Å². The molecule has 1 saturated heterocycles. The van der Waals surface area contributed by atoms with E-state index in [9.17, 15) is 4.79 Å². The highest BCUT2D eigenvalue weighted by Crippen LogP contribution is 2.18. The Morgan fingerprint density at radius 1 is 1.26 bits per heavy atom. The van der Waals surface area contributed by atoms with E-state index >= 15 is 0 Å². The van der Waals surface area contributed by atoms with Gasteiger partial charge in [-0.2, -0.15) is 0 Å². The number of nitrogens with one attached hydrogen (secondary N) is 2. The second-order valence-electron chi connectivity index (χ2n) is 6.52. The summed E-state index contributed by atoms with van der Waals surface area (Å²) >= 11 is 0. The Balaban J connectivity index is 1.57. The van der Waals surface area contributed by atoms with Crippen molar-refractivity contribution in [1.29, 1.82) is 0 Å². The van der Waals surface area contributed by atoms with E-state index < -0.39 is 0 Å². The number of likely N-dealkylation sites (tertiary alicyclic amines) is 1. The average Bonchev–Trinajstić information content (AvgIpc) is 3.02. The molecule has 3 rings (SSSR count). The molecule has 0 radical (unpaired) electrons. The summed E-state index contributed by atoms with van der Waals surface area (Å²) in [5, 5.41) is 4.28. The topological polar surface area (TPSA) is 48.1 Å². The molecule has 1 fully saturated rings. The third kappa shape index (κ3) is 3.58. The van der Waals surface area contributed by atoms with E-state index in [1.807, 2.05) is 30.3 Å². The molecule has 124 valence electrons. The van der Waals surface area contributed by atoms with Gasteiger partial charge in [0.1, 0.15) is 5.69 Å². The highest BCUT2D eigenvalue weighted by atomic mass is 16.1. The first-order valence-corrected chi connectivity index (χ1v) is 8.84. The van der Waals surface area contributed by atoms with Crippen LogP contribution in [0.2, 0.25) is 0 Å². The van der Waals surface area contributed by atoms with Crippen molar-refractivity contribution in [2.75, 3.05) is 13.1 Å². The number of H-pyrrole nitrogens is 1. The van der Waals surface area contributed by atoms with Gasteiger partial charge in [0.15, 0.2) is 0 Å². The summed E-state index contributed by atoms with van der Waals surface area (Å²) in [6.07, 6.45) is 4.51. The largest absolute Gasteiger partial charge is 0.351 e. The Morgan fingerprint density at radius 3 is 2.61 bits per heavy atom. The van der Waals surface area contributed by atoms with Crippen molar-refractivity contribution in [3.05, 3.63) is 36.0 Å². The van der Waals surface area contributed by atoms with Gasteiger partial charge in [0.25, 0.3) is 5.91 Å². The second kappa shape index (κ2) is 7.18. The van der Waals surface area contributed by atoms with Crippen molar-refractivity contribution in [2.45, 2.75) is 51.6 Å². The monoisotopic (exact) mass is 313 g/mol. The minimum atomic E-state index is 0.0159. The van der Waals surface area contributed by atoms with Gasteiger partial charge in [-0.05, 0) is 37.8 Å². The third-order valence-corrected chi connectivity index (χ3v) is 5.10. The lowest BCUT2D eigenvalue weighted by Crippen LogP contribution is -2.47. The van der Waals surface area contributed by atoms with Gasteiger partial charge in [-0.1, -0.05) is 32.0 Å². The molecule has 0 atom stereocenters. The molecule has 0 spiro atoms. The number of carbonyl (C=O) groups is 1. The number of benzene rings is 1. The number of aromatic nitrogens is 1. The number of aromatic amines is 1. The molecule has 23 heavy (non-hydrogen) atoms. The van der Waals surface area contributed by atoms with Crippen molar-refractivity contribution in [3.8, 4) is 0 Å². The molecule has 4 heteroatoms. The van der Waals surface area contributed by atoms with E-state index in [1.54, 1.807) is 0 Å². The number of piperidine rings is 1. The fourth-order valence-electron chi connectivity index (χ4n) is 3.67. The van der Waals surface area contributed by atoms with E-state index in [2.05, 4.69) is 29.0 Å². The number of amides is 1. The molecular formula is C19H27N3O. The van der Waals surface area contributed by atoms with Crippen LogP contribution in [-0.4, -0.2) is 41.0 Å². The number of rotatable bonds is 5. The van der Waals surface area contributed by atoms with Crippen molar-refractivity contribution < 1.29 is 4.79 Å². The van der Waals surface area contributed by atoms with Gasteiger partial charge < -0.3 is 15.2 Å². The summed E-state index contributed by atoms with van der Waals surface area (Å²) < 4.78 is 0. The fraction of sp³-hybridized carbons (Fsp3) is 0.526. The Labute approximate surface area is 138 Å². The summed E-state index contributed by atoms with van der Waals surface area (Å²) in [6, 6.07) is 10.9. The molecule has 0 unspecified atom stereocenters. The summed E-state index contributed by atoms with van der Waals surface area (Å²) in [7, 11) is 0. The van der Waals surface area contributed by atoms with Crippen LogP contribution in [0.3, 0.4) is 0 Å². The Hall–Kier alpha value is -1.81. The van der Waals surface area contributed by atoms with Crippen LogP contribution in [-0.2, 0) is 0 Å². The van der Waals surface area contributed by atoms with Gasteiger partial charge in [0.2, 0.25) is 0 Å². The average molecular weight is 313 g/mol. The Bertz CT molecular complexity index is 618. The molecule has 0 saturated carbocycles. The Kier molecular flexibility index (Phi) is 5.01. The first-order chi connectivity index (χ1) is 11.2. The maximum Gasteiger partial charge on any atom is 0.267 e. The van der Waals surface area contributed by atoms with E-state index in [0.717, 1.165) is 36.8 Å². The molecule has 1 aliphatic heterocycles. The number of hydrogen-bond donors (Lipinski definition) is 2.